The van der Waals surface area contributed by atoms with Gasteiger partial charge < -0.3 is 10.4 Å². The number of carbonyl (C=O) groups excluding carboxylic acids is 1. The van der Waals surface area contributed by atoms with E-state index in [2.05, 4.69) is 5.32 Å². The second-order valence-electron chi connectivity index (χ2n) is 5.62. The number of carboxylic acids is 1. The Balaban J connectivity index is 1.98. The molecule has 0 saturated heterocycles. The number of amides is 1. The highest BCUT2D eigenvalue weighted by atomic mass is 16.4. The van der Waals surface area contributed by atoms with Crippen LogP contribution in [0.3, 0.4) is 0 Å². The van der Waals surface area contributed by atoms with Crippen LogP contribution in [0.1, 0.15) is 29.3 Å². The number of benzene rings is 2. The van der Waals surface area contributed by atoms with E-state index >= 15 is 0 Å². The number of nitrogens with one attached hydrogen (secondary N) is 1. The number of anilines is 1. The SMILES string of the molecule is CCCN(CC(=O)O)Cc1ccc(C(=O)Nc2ccccc2)cc1. The largest absolute Gasteiger partial charge is 0.480 e. The van der Waals surface area contributed by atoms with Crippen LogP contribution in [0.5, 0.6) is 0 Å². The van der Waals surface area contributed by atoms with Crippen molar-refractivity contribution in [3.05, 3.63) is 65.7 Å². The van der Waals surface area contributed by atoms with Crippen molar-refractivity contribution >= 4 is 17.6 Å². The van der Waals surface area contributed by atoms with E-state index in [1.807, 2.05) is 54.3 Å². The van der Waals surface area contributed by atoms with Crippen LogP contribution in [0.15, 0.2) is 54.6 Å². The minimum absolute atomic E-state index is 0.0179. The molecule has 0 unspecified atom stereocenters. The third kappa shape index (κ3) is 5.52. The zero-order chi connectivity index (χ0) is 17.4. The molecule has 0 radical (unpaired) electrons. The minimum Gasteiger partial charge on any atom is -0.480 e. The molecular weight excluding hydrogens is 304 g/mol. The van der Waals surface area contributed by atoms with Crippen molar-refractivity contribution in [3.8, 4) is 0 Å². The molecule has 0 bridgehead atoms. The molecule has 0 aromatic heterocycles. The molecule has 2 N–H and O–H groups in total. The standard InChI is InChI=1S/C19H22N2O3/c1-2-12-21(14-18(22)23)13-15-8-10-16(11-9-15)19(24)20-17-6-4-3-5-7-17/h3-11H,2,12-14H2,1H3,(H,20,24)(H,22,23). The van der Waals surface area contributed by atoms with E-state index in [1.54, 1.807) is 12.1 Å². The fourth-order valence-electron chi connectivity index (χ4n) is 2.47. The Hall–Kier alpha value is -2.66. The second kappa shape index (κ2) is 8.84. The van der Waals surface area contributed by atoms with Crippen molar-refractivity contribution in [2.24, 2.45) is 0 Å². The third-order valence-electron chi connectivity index (χ3n) is 3.55. The van der Waals surface area contributed by atoms with Gasteiger partial charge in [-0.25, -0.2) is 0 Å². The van der Waals surface area contributed by atoms with Gasteiger partial charge in [-0.1, -0.05) is 37.3 Å². The Bertz CT molecular complexity index is 669. The van der Waals surface area contributed by atoms with Gasteiger partial charge in [0.05, 0.1) is 6.54 Å². The van der Waals surface area contributed by atoms with E-state index in [-0.39, 0.29) is 12.5 Å². The first-order chi connectivity index (χ1) is 11.6. The van der Waals surface area contributed by atoms with E-state index < -0.39 is 5.97 Å². The van der Waals surface area contributed by atoms with E-state index in [1.165, 1.54) is 0 Å². The number of carboxylic acid groups (broad SMARTS) is 1. The number of nitrogens with zero attached hydrogens (tertiary/aromatic N) is 1. The number of carbonyl (C=O) groups is 2. The summed E-state index contributed by atoms with van der Waals surface area (Å²) in [6.07, 6.45) is 0.894. The highest BCUT2D eigenvalue weighted by Crippen LogP contribution is 2.11. The number of para-hydroxylation sites is 1. The molecule has 126 valence electrons. The van der Waals surface area contributed by atoms with Gasteiger partial charge in [0, 0.05) is 17.8 Å². The van der Waals surface area contributed by atoms with Crippen LogP contribution in [0.2, 0.25) is 0 Å². The first kappa shape index (κ1) is 17.7. The molecular formula is C19H22N2O3. The predicted octanol–water partition coefficient (Wildman–Crippen LogP) is 3.24. The number of hydrogen-bond donors (Lipinski definition) is 2. The summed E-state index contributed by atoms with van der Waals surface area (Å²) in [4.78, 5) is 25.0. The number of hydrogen-bond acceptors (Lipinski definition) is 3. The predicted molar refractivity (Wildman–Crippen MR) is 94.0 cm³/mol. The maximum Gasteiger partial charge on any atom is 0.317 e. The van der Waals surface area contributed by atoms with Crippen LogP contribution in [-0.2, 0) is 11.3 Å². The Labute approximate surface area is 141 Å². The fourth-order valence-corrected chi connectivity index (χ4v) is 2.47. The van der Waals surface area contributed by atoms with Gasteiger partial charge in [-0.05, 0) is 42.8 Å². The summed E-state index contributed by atoms with van der Waals surface area (Å²) < 4.78 is 0. The average Bonchev–Trinajstić information content (AvgIpc) is 2.56. The molecule has 5 heteroatoms. The smallest absolute Gasteiger partial charge is 0.317 e. The lowest BCUT2D eigenvalue weighted by Gasteiger charge is -2.19. The first-order valence-corrected chi connectivity index (χ1v) is 7.98. The van der Waals surface area contributed by atoms with Crippen LogP contribution in [0, 0.1) is 0 Å². The summed E-state index contributed by atoms with van der Waals surface area (Å²) in [5.74, 6) is -0.994. The summed E-state index contributed by atoms with van der Waals surface area (Å²) in [7, 11) is 0. The second-order valence-corrected chi connectivity index (χ2v) is 5.62. The van der Waals surface area contributed by atoms with Gasteiger partial charge in [-0.15, -0.1) is 0 Å². The van der Waals surface area contributed by atoms with Crippen LogP contribution in [-0.4, -0.2) is 35.0 Å². The molecule has 24 heavy (non-hydrogen) atoms. The lowest BCUT2D eigenvalue weighted by molar-refractivity contribution is -0.138. The summed E-state index contributed by atoms with van der Waals surface area (Å²) in [6, 6.07) is 16.5. The van der Waals surface area contributed by atoms with Crippen LogP contribution in [0.4, 0.5) is 5.69 Å². The Morgan fingerprint density at radius 3 is 2.29 bits per heavy atom. The van der Waals surface area contributed by atoms with Gasteiger partial charge in [0.15, 0.2) is 0 Å². The molecule has 1 amide bonds. The molecule has 5 nitrogen and oxygen atoms in total. The first-order valence-electron chi connectivity index (χ1n) is 7.98. The van der Waals surface area contributed by atoms with Gasteiger partial charge in [0.25, 0.3) is 5.91 Å². The van der Waals surface area contributed by atoms with Crippen molar-refractivity contribution in [3.63, 3.8) is 0 Å². The molecule has 0 aliphatic rings. The summed E-state index contributed by atoms with van der Waals surface area (Å²) in [5.41, 5.74) is 2.31. The summed E-state index contributed by atoms with van der Waals surface area (Å²) in [5, 5.41) is 11.8. The normalized spacial score (nSPS) is 10.6. The number of aliphatic carboxylic acids is 1. The highest BCUT2D eigenvalue weighted by Gasteiger charge is 2.10. The van der Waals surface area contributed by atoms with E-state index in [0.717, 1.165) is 24.2 Å². The molecule has 2 aromatic rings. The third-order valence-corrected chi connectivity index (χ3v) is 3.55. The van der Waals surface area contributed by atoms with Crippen molar-refractivity contribution in [1.29, 1.82) is 0 Å². The van der Waals surface area contributed by atoms with Crippen molar-refractivity contribution in [2.75, 3.05) is 18.4 Å². The zero-order valence-corrected chi connectivity index (χ0v) is 13.7. The Morgan fingerprint density at radius 2 is 1.71 bits per heavy atom. The van der Waals surface area contributed by atoms with Gasteiger partial charge in [-0.2, -0.15) is 0 Å². The van der Waals surface area contributed by atoms with Gasteiger partial charge >= 0.3 is 5.97 Å². The summed E-state index contributed by atoms with van der Waals surface area (Å²) >= 11 is 0. The molecule has 0 aliphatic carbocycles. The van der Waals surface area contributed by atoms with Gasteiger partial charge in [0.1, 0.15) is 0 Å². The highest BCUT2D eigenvalue weighted by molar-refractivity contribution is 6.04. The topological polar surface area (TPSA) is 69.6 Å². The van der Waals surface area contributed by atoms with Crippen molar-refractivity contribution in [1.82, 2.24) is 4.90 Å². The molecule has 2 aromatic carbocycles. The molecule has 0 spiro atoms. The maximum absolute atomic E-state index is 12.2. The molecule has 0 heterocycles. The molecule has 0 aliphatic heterocycles. The van der Waals surface area contributed by atoms with E-state index in [9.17, 15) is 9.59 Å². The zero-order valence-electron chi connectivity index (χ0n) is 13.7. The molecule has 0 saturated carbocycles. The Kier molecular flexibility index (Phi) is 6.51. The quantitative estimate of drug-likeness (QED) is 0.781. The van der Waals surface area contributed by atoms with E-state index in [4.69, 9.17) is 5.11 Å². The Morgan fingerprint density at radius 1 is 1.04 bits per heavy atom. The van der Waals surface area contributed by atoms with Crippen molar-refractivity contribution < 1.29 is 14.7 Å². The van der Waals surface area contributed by atoms with Crippen LogP contribution < -0.4 is 5.32 Å². The van der Waals surface area contributed by atoms with Gasteiger partial charge in [-0.3, -0.25) is 14.5 Å². The average molecular weight is 326 g/mol. The molecule has 2 rings (SSSR count). The van der Waals surface area contributed by atoms with Crippen molar-refractivity contribution in [2.45, 2.75) is 19.9 Å². The number of rotatable bonds is 8. The van der Waals surface area contributed by atoms with E-state index in [0.29, 0.717) is 12.1 Å². The summed E-state index contributed by atoms with van der Waals surface area (Å²) in [6.45, 7) is 3.32. The fraction of sp³-hybridized carbons (Fsp3) is 0.263. The lowest BCUT2D eigenvalue weighted by Crippen LogP contribution is -2.30. The van der Waals surface area contributed by atoms with Crippen LogP contribution >= 0.6 is 0 Å². The maximum atomic E-state index is 12.2. The monoisotopic (exact) mass is 326 g/mol. The molecule has 0 fully saturated rings. The lowest BCUT2D eigenvalue weighted by atomic mass is 10.1. The minimum atomic E-state index is -0.831. The van der Waals surface area contributed by atoms with Gasteiger partial charge in [0.2, 0.25) is 0 Å². The molecule has 0 atom stereocenters. The van der Waals surface area contributed by atoms with Crippen LogP contribution in [0.25, 0.3) is 0 Å².